The Hall–Kier alpha value is -1.52. The van der Waals surface area contributed by atoms with Crippen LogP contribution in [0.2, 0.25) is 0 Å². The second-order valence-corrected chi connectivity index (χ2v) is 2.84. The molecule has 5 nitrogen and oxygen atoms in total. The fraction of sp³-hybridized carbons (Fsp3) is 0.556. The molecule has 0 unspecified atom stereocenters. The van der Waals surface area contributed by atoms with E-state index >= 15 is 0 Å². The van der Waals surface area contributed by atoms with Crippen molar-refractivity contribution in [2.75, 3.05) is 13.2 Å². The van der Waals surface area contributed by atoms with E-state index < -0.39 is 0 Å². The maximum atomic E-state index is 10.9. The smallest absolute Gasteiger partial charge is 0.407 e. The molecule has 1 aromatic heterocycles. The molecule has 0 atom stereocenters. The Morgan fingerprint density at radius 1 is 1.71 bits per heavy atom. The van der Waals surface area contributed by atoms with Crippen molar-refractivity contribution in [3.63, 3.8) is 0 Å². The highest BCUT2D eigenvalue weighted by molar-refractivity contribution is 5.66. The molecule has 1 rings (SSSR count). The lowest BCUT2D eigenvalue weighted by atomic mass is 10.3. The highest BCUT2D eigenvalue weighted by atomic mass is 16.5. The van der Waals surface area contributed by atoms with E-state index in [2.05, 4.69) is 10.4 Å². The van der Waals surface area contributed by atoms with Gasteiger partial charge in [-0.3, -0.25) is 4.68 Å². The highest BCUT2D eigenvalue weighted by Gasteiger charge is 2.01. The summed E-state index contributed by atoms with van der Waals surface area (Å²) in [4.78, 5) is 10.9. The van der Waals surface area contributed by atoms with E-state index in [1.54, 1.807) is 17.8 Å². The third kappa shape index (κ3) is 3.08. The Labute approximate surface area is 83.1 Å². The van der Waals surface area contributed by atoms with E-state index in [0.717, 1.165) is 12.1 Å². The zero-order chi connectivity index (χ0) is 10.4. The summed E-state index contributed by atoms with van der Waals surface area (Å²) in [7, 11) is 1.87. The number of ether oxygens (including phenoxy) is 1. The van der Waals surface area contributed by atoms with Gasteiger partial charge in [-0.15, -0.1) is 0 Å². The minimum atomic E-state index is -0.366. The van der Waals surface area contributed by atoms with Crippen molar-refractivity contribution in [3.8, 4) is 0 Å². The minimum Gasteiger partial charge on any atom is -0.450 e. The van der Waals surface area contributed by atoms with Crippen molar-refractivity contribution in [2.24, 2.45) is 7.05 Å². The van der Waals surface area contributed by atoms with Gasteiger partial charge in [0.2, 0.25) is 0 Å². The lowest BCUT2D eigenvalue weighted by Crippen LogP contribution is -2.26. The van der Waals surface area contributed by atoms with Gasteiger partial charge in [-0.1, -0.05) is 0 Å². The van der Waals surface area contributed by atoms with E-state index in [4.69, 9.17) is 4.74 Å². The number of carbonyl (C=O) groups excluding carboxylic acids is 1. The van der Waals surface area contributed by atoms with Crippen molar-refractivity contribution in [3.05, 3.63) is 18.0 Å². The SMILES string of the molecule is CCOC(=O)NCCc1ccnn1C. The topological polar surface area (TPSA) is 56.1 Å². The number of hydrogen-bond donors (Lipinski definition) is 1. The van der Waals surface area contributed by atoms with Gasteiger partial charge >= 0.3 is 6.09 Å². The van der Waals surface area contributed by atoms with Crippen molar-refractivity contribution in [2.45, 2.75) is 13.3 Å². The standard InChI is InChI=1S/C9H15N3O2/c1-3-14-9(13)10-6-4-8-5-7-11-12(8)2/h5,7H,3-4,6H2,1-2H3,(H,10,13). The third-order valence-electron chi connectivity index (χ3n) is 1.85. The first-order valence-corrected chi connectivity index (χ1v) is 4.61. The maximum absolute atomic E-state index is 10.9. The van der Waals surface area contributed by atoms with E-state index in [1.807, 2.05) is 13.1 Å². The zero-order valence-corrected chi connectivity index (χ0v) is 8.49. The van der Waals surface area contributed by atoms with Crippen LogP contribution < -0.4 is 5.32 Å². The largest absolute Gasteiger partial charge is 0.450 e. The molecule has 1 N–H and O–H groups in total. The second kappa shape index (κ2) is 5.26. The van der Waals surface area contributed by atoms with Crippen LogP contribution >= 0.6 is 0 Å². The van der Waals surface area contributed by atoms with Crippen molar-refractivity contribution >= 4 is 6.09 Å². The molecular weight excluding hydrogens is 182 g/mol. The number of amides is 1. The molecule has 78 valence electrons. The van der Waals surface area contributed by atoms with Crippen molar-refractivity contribution in [1.29, 1.82) is 0 Å². The quantitative estimate of drug-likeness (QED) is 0.773. The Bertz CT molecular complexity index is 296. The summed E-state index contributed by atoms with van der Waals surface area (Å²) in [6.07, 6.45) is 2.13. The van der Waals surface area contributed by atoms with Gasteiger partial charge < -0.3 is 10.1 Å². The molecule has 0 bridgehead atoms. The van der Waals surface area contributed by atoms with Crippen LogP contribution in [-0.2, 0) is 18.2 Å². The molecule has 0 fully saturated rings. The van der Waals surface area contributed by atoms with Crippen LogP contribution in [0.1, 0.15) is 12.6 Å². The molecular formula is C9H15N3O2. The molecule has 0 saturated carbocycles. The zero-order valence-electron chi connectivity index (χ0n) is 8.49. The van der Waals surface area contributed by atoms with Crippen LogP contribution in [0, 0.1) is 0 Å². The van der Waals surface area contributed by atoms with Crippen LogP contribution in [-0.4, -0.2) is 29.0 Å². The monoisotopic (exact) mass is 197 g/mol. The first-order valence-electron chi connectivity index (χ1n) is 4.61. The minimum absolute atomic E-state index is 0.366. The first kappa shape index (κ1) is 10.6. The summed E-state index contributed by atoms with van der Waals surface area (Å²) in [6.45, 7) is 2.75. The summed E-state index contributed by atoms with van der Waals surface area (Å²) in [5.74, 6) is 0. The molecule has 0 aliphatic heterocycles. The maximum Gasteiger partial charge on any atom is 0.407 e. The van der Waals surface area contributed by atoms with Gasteiger partial charge in [0.15, 0.2) is 0 Å². The van der Waals surface area contributed by atoms with Crippen LogP contribution in [0.3, 0.4) is 0 Å². The Morgan fingerprint density at radius 2 is 2.50 bits per heavy atom. The Kier molecular flexibility index (Phi) is 3.97. The van der Waals surface area contributed by atoms with Gasteiger partial charge in [-0.2, -0.15) is 5.10 Å². The molecule has 0 aliphatic carbocycles. The predicted molar refractivity (Wildman–Crippen MR) is 51.9 cm³/mol. The molecule has 5 heteroatoms. The van der Waals surface area contributed by atoms with Crippen LogP contribution in [0.4, 0.5) is 4.79 Å². The molecule has 1 amide bonds. The lowest BCUT2D eigenvalue weighted by molar-refractivity contribution is 0.152. The predicted octanol–water partition coefficient (Wildman–Crippen LogP) is 0.709. The molecule has 1 aromatic rings. The van der Waals surface area contributed by atoms with Gasteiger partial charge in [0, 0.05) is 31.9 Å². The van der Waals surface area contributed by atoms with E-state index in [9.17, 15) is 4.79 Å². The van der Waals surface area contributed by atoms with Crippen LogP contribution in [0.15, 0.2) is 12.3 Å². The van der Waals surface area contributed by atoms with Crippen LogP contribution in [0.5, 0.6) is 0 Å². The number of aryl methyl sites for hydroxylation is 1. The molecule has 0 aromatic carbocycles. The number of nitrogens with zero attached hydrogens (tertiary/aromatic N) is 2. The molecule has 0 aliphatic rings. The van der Waals surface area contributed by atoms with Gasteiger partial charge in [0.25, 0.3) is 0 Å². The van der Waals surface area contributed by atoms with Crippen LogP contribution in [0.25, 0.3) is 0 Å². The van der Waals surface area contributed by atoms with Crippen molar-refractivity contribution in [1.82, 2.24) is 15.1 Å². The summed E-state index contributed by atoms with van der Waals surface area (Å²) in [6, 6.07) is 1.92. The Balaban J connectivity index is 2.22. The highest BCUT2D eigenvalue weighted by Crippen LogP contribution is 1.95. The molecule has 0 spiro atoms. The average Bonchev–Trinajstić information content (AvgIpc) is 2.52. The van der Waals surface area contributed by atoms with Gasteiger partial charge in [-0.25, -0.2) is 4.79 Å². The van der Waals surface area contributed by atoms with Gasteiger partial charge in [-0.05, 0) is 13.0 Å². The number of hydrogen-bond acceptors (Lipinski definition) is 3. The first-order chi connectivity index (χ1) is 6.74. The summed E-state index contributed by atoms with van der Waals surface area (Å²) < 4.78 is 6.50. The van der Waals surface area contributed by atoms with Crippen molar-refractivity contribution < 1.29 is 9.53 Å². The molecule has 0 saturated heterocycles. The number of alkyl carbamates (subject to hydrolysis) is 1. The average molecular weight is 197 g/mol. The fourth-order valence-electron chi connectivity index (χ4n) is 1.12. The van der Waals surface area contributed by atoms with E-state index in [-0.39, 0.29) is 6.09 Å². The Morgan fingerprint density at radius 3 is 3.07 bits per heavy atom. The summed E-state index contributed by atoms with van der Waals surface area (Å²) in [5, 5.41) is 6.67. The number of aromatic nitrogens is 2. The van der Waals surface area contributed by atoms with E-state index in [0.29, 0.717) is 13.2 Å². The van der Waals surface area contributed by atoms with Gasteiger partial charge in [0.1, 0.15) is 0 Å². The fourth-order valence-corrected chi connectivity index (χ4v) is 1.12. The molecule has 1 heterocycles. The molecule has 0 radical (unpaired) electrons. The third-order valence-corrected chi connectivity index (χ3v) is 1.85. The van der Waals surface area contributed by atoms with Gasteiger partial charge in [0.05, 0.1) is 6.61 Å². The lowest BCUT2D eigenvalue weighted by Gasteiger charge is -2.04. The summed E-state index contributed by atoms with van der Waals surface area (Å²) in [5.41, 5.74) is 1.08. The summed E-state index contributed by atoms with van der Waals surface area (Å²) >= 11 is 0. The number of nitrogens with one attached hydrogen (secondary N) is 1. The normalized spacial score (nSPS) is 9.86. The second-order valence-electron chi connectivity index (χ2n) is 2.84. The van der Waals surface area contributed by atoms with E-state index in [1.165, 1.54) is 0 Å². The number of carbonyl (C=O) groups is 1. The molecule has 14 heavy (non-hydrogen) atoms. The number of rotatable bonds is 4.